The molecule has 0 fully saturated rings. The van der Waals surface area contributed by atoms with E-state index in [1.165, 1.54) is 42.5 Å². The largest absolute Gasteiger partial charge is 0.325 e. The first kappa shape index (κ1) is 12.3. The number of fused-ring (bicyclic) bond motifs is 1. The SMILES string of the molecule is CCn1cc(C)nc1Nc1cccc2c1CCCC2. The molecule has 0 aliphatic heterocycles. The summed E-state index contributed by atoms with van der Waals surface area (Å²) in [6, 6.07) is 6.59. The van der Waals surface area contributed by atoms with Crippen molar-refractivity contribution in [1.82, 2.24) is 9.55 Å². The van der Waals surface area contributed by atoms with Crippen LogP contribution in [0.1, 0.15) is 36.6 Å². The maximum absolute atomic E-state index is 4.58. The fourth-order valence-corrected chi connectivity index (χ4v) is 2.91. The molecular formula is C16H21N3. The molecule has 2 aromatic rings. The van der Waals surface area contributed by atoms with Gasteiger partial charge in [-0.05, 0) is 56.7 Å². The summed E-state index contributed by atoms with van der Waals surface area (Å²) in [6.07, 6.45) is 7.11. The summed E-state index contributed by atoms with van der Waals surface area (Å²) in [6.45, 7) is 5.13. The molecule has 0 atom stereocenters. The molecule has 0 saturated heterocycles. The van der Waals surface area contributed by atoms with Crippen LogP contribution in [0.2, 0.25) is 0 Å². The van der Waals surface area contributed by atoms with E-state index in [1.54, 1.807) is 0 Å². The summed E-state index contributed by atoms with van der Waals surface area (Å²) in [4.78, 5) is 4.58. The monoisotopic (exact) mass is 255 g/mol. The van der Waals surface area contributed by atoms with Gasteiger partial charge in [-0.3, -0.25) is 0 Å². The van der Waals surface area contributed by atoms with Crippen LogP contribution in [0.15, 0.2) is 24.4 Å². The Morgan fingerprint density at radius 1 is 1.26 bits per heavy atom. The van der Waals surface area contributed by atoms with Gasteiger partial charge >= 0.3 is 0 Å². The molecule has 1 N–H and O–H groups in total. The Kier molecular flexibility index (Phi) is 3.28. The predicted octanol–water partition coefficient (Wildman–Crippen LogP) is 3.83. The molecule has 0 radical (unpaired) electrons. The minimum atomic E-state index is 0.943. The Morgan fingerprint density at radius 3 is 2.95 bits per heavy atom. The van der Waals surface area contributed by atoms with E-state index in [1.807, 2.05) is 6.92 Å². The molecule has 3 rings (SSSR count). The van der Waals surface area contributed by atoms with Crippen molar-refractivity contribution in [3.8, 4) is 0 Å². The fourth-order valence-electron chi connectivity index (χ4n) is 2.91. The Morgan fingerprint density at radius 2 is 2.11 bits per heavy atom. The number of hydrogen-bond acceptors (Lipinski definition) is 2. The van der Waals surface area contributed by atoms with Crippen molar-refractivity contribution < 1.29 is 0 Å². The van der Waals surface area contributed by atoms with Crippen molar-refractivity contribution in [3.05, 3.63) is 41.2 Å². The Bertz CT molecular complexity index is 584. The highest BCUT2D eigenvalue weighted by molar-refractivity contribution is 5.61. The smallest absolute Gasteiger partial charge is 0.207 e. The minimum absolute atomic E-state index is 0.943. The topological polar surface area (TPSA) is 29.9 Å². The molecule has 1 aliphatic rings. The highest BCUT2D eigenvalue weighted by Gasteiger charge is 2.14. The summed E-state index contributed by atoms with van der Waals surface area (Å²) in [5, 5.41) is 3.52. The quantitative estimate of drug-likeness (QED) is 0.903. The predicted molar refractivity (Wildman–Crippen MR) is 79.0 cm³/mol. The number of hydrogen-bond donors (Lipinski definition) is 1. The van der Waals surface area contributed by atoms with Gasteiger partial charge < -0.3 is 9.88 Å². The lowest BCUT2D eigenvalue weighted by Crippen LogP contribution is -2.08. The molecule has 1 aromatic heterocycles. The molecule has 0 spiro atoms. The number of anilines is 2. The molecule has 1 aliphatic carbocycles. The van der Waals surface area contributed by atoms with Crippen LogP contribution in [-0.4, -0.2) is 9.55 Å². The molecule has 0 amide bonds. The van der Waals surface area contributed by atoms with Crippen molar-refractivity contribution in [2.24, 2.45) is 0 Å². The van der Waals surface area contributed by atoms with Crippen LogP contribution in [0.25, 0.3) is 0 Å². The Balaban J connectivity index is 1.94. The van der Waals surface area contributed by atoms with Gasteiger partial charge in [-0.2, -0.15) is 0 Å². The van der Waals surface area contributed by atoms with E-state index < -0.39 is 0 Å². The third-order valence-electron chi connectivity index (χ3n) is 3.88. The van der Waals surface area contributed by atoms with Gasteiger partial charge in [-0.15, -0.1) is 0 Å². The van der Waals surface area contributed by atoms with Crippen molar-refractivity contribution >= 4 is 11.6 Å². The molecule has 3 heteroatoms. The summed E-state index contributed by atoms with van der Waals surface area (Å²) in [5.74, 6) is 0.957. The van der Waals surface area contributed by atoms with Crippen LogP contribution < -0.4 is 5.32 Å². The molecule has 19 heavy (non-hydrogen) atoms. The lowest BCUT2D eigenvalue weighted by molar-refractivity contribution is 0.686. The number of aromatic nitrogens is 2. The normalized spacial score (nSPS) is 14.2. The summed E-state index contributed by atoms with van der Waals surface area (Å²) in [5.41, 5.74) is 5.28. The van der Waals surface area contributed by atoms with Crippen LogP contribution in [0.5, 0.6) is 0 Å². The van der Waals surface area contributed by atoms with Crippen LogP contribution in [0.3, 0.4) is 0 Å². The van der Waals surface area contributed by atoms with E-state index in [2.05, 4.69) is 46.2 Å². The second-order valence-corrected chi connectivity index (χ2v) is 5.27. The minimum Gasteiger partial charge on any atom is -0.325 e. The van der Waals surface area contributed by atoms with Gasteiger partial charge in [-0.25, -0.2) is 4.98 Å². The number of nitrogens with one attached hydrogen (secondary N) is 1. The first-order valence-electron chi connectivity index (χ1n) is 7.19. The maximum atomic E-state index is 4.58. The maximum Gasteiger partial charge on any atom is 0.207 e. The van der Waals surface area contributed by atoms with Crippen molar-refractivity contribution in [3.63, 3.8) is 0 Å². The Hall–Kier alpha value is -1.77. The van der Waals surface area contributed by atoms with Gasteiger partial charge in [-0.1, -0.05) is 12.1 Å². The molecule has 0 bridgehead atoms. The van der Waals surface area contributed by atoms with E-state index >= 15 is 0 Å². The van der Waals surface area contributed by atoms with Crippen molar-refractivity contribution in [2.45, 2.75) is 46.1 Å². The molecule has 100 valence electrons. The lowest BCUT2D eigenvalue weighted by atomic mass is 9.90. The molecular weight excluding hydrogens is 234 g/mol. The highest BCUT2D eigenvalue weighted by Crippen LogP contribution is 2.29. The van der Waals surface area contributed by atoms with Gasteiger partial charge in [0.15, 0.2) is 0 Å². The zero-order valence-corrected chi connectivity index (χ0v) is 11.7. The second kappa shape index (κ2) is 5.08. The van der Waals surface area contributed by atoms with Crippen molar-refractivity contribution in [2.75, 3.05) is 5.32 Å². The fraction of sp³-hybridized carbons (Fsp3) is 0.438. The zero-order valence-electron chi connectivity index (χ0n) is 11.7. The summed E-state index contributed by atoms with van der Waals surface area (Å²) >= 11 is 0. The lowest BCUT2D eigenvalue weighted by Gasteiger charge is -2.20. The summed E-state index contributed by atoms with van der Waals surface area (Å²) in [7, 11) is 0. The molecule has 1 heterocycles. The first-order valence-corrected chi connectivity index (χ1v) is 7.19. The number of rotatable bonds is 3. The molecule has 1 aromatic carbocycles. The number of aryl methyl sites for hydroxylation is 3. The molecule has 0 saturated carbocycles. The average Bonchev–Trinajstić information content (AvgIpc) is 2.79. The first-order chi connectivity index (χ1) is 9.28. The average molecular weight is 255 g/mol. The highest BCUT2D eigenvalue weighted by atomic mass is 15.2. The third-order valence-corrected chi connectivity index (χ3v) is 3.88. The van der Waals surface area contributed by atoms with Gasteiger partial charge in [0, 0.05) is 18.4 Å². The van der Waals surface area contributed by atoms with Gasteiger partial charge in [0.2, 0.25) is 5.95 Å². The van der Waals surface area contributed by atoms with E-state index in [0.29, 0.717) is 0 Å². The number of benzene rings is 1. The standard InChI is InChI=1S/C16H21N3/c1-3-19-11-12(2)17-16(19)18-15-10-6-8-13-7-4-5-9-14(13)15/h6,8,10-11H,3-5,7,9H2,1-2H3,(H,17,18). The van der Waals surface area contributed by atoms with E-state index in [4.69, 9.17) is 0 Å². The van der Waals surface area contributed by atoms with Gasteiger partial charge in [0.1, 0.15) is 0 Å². The van der Waals surface area contributed by atoms with Gasteiger partial charge in [0.05, 0.1) is 5.69 Å². The van der Waals surface area contributed by atoms with E-state index in [0.717, 1.165) is 18.2 Å². The third kappa shape index (κ3) is 2.37. The van der Waals surface area contributed by atoms with E-state index in [9.17, 15) is 0 Å². The van der Waals surface area contributed by atoms with Crippen LogP contribution >= 0.6 is 0 Å². The van der Waals surface area contributed by atoms with Gasteiger partial charge in [0.25, 0.3) is 0 Å². The van der Waals surface area contributed by atoms with Crippen LogP contribution in [-0.2, 0) is 19.4 Å². The number of nitrogens with zero attached hydrogens (tertiary/aromatic N) is 2. The number of imidazole rings is 1. The molecule has 0 unspecified atom stereocenters. The van der Waals surface area contributed by atoms with E-state index in [-0.39, 0.29) is 0 Å². The van der Waals surface area contributed by atoms with Crippen molar-refractivity contribution in [1.29, 1.82) is 0 Å². The molecule has 3 nitrogen and oxygen atoms in total. The van der Waals surface area contributed by atoms with Crippen LogP contribution in [0.4, 0.5) is 11.6 Å². The van der Waals surface area contributed by atoms with Crippen LogP contribution in [0, 0.1) is 6.92 Å². The zero-order chi connectivity index (χ0) is 13.2. The Labute approximate surface area is 114 Å². The second-order valence-electron chi connectivity index (χ2n) is 5.27. The summed E-state index contributed by atoms with van der Waals surface area (Å²) < 4.78 is 2.16.